The second kappa shape index (κ2) is 4.80. The molecule has 0 aliphatic carbocycles. The van der Waals surface area contributed by atoms with Crippen LogP contribution in [0.2, 0.25) is 0 Å². The van der Waals surface area contributed by atoms with E-state index in [4.69, 9.17) is 0 Å². The smallest absolute Gasteiger partial charge is 0.0117 e. The molecule has 2 atom stereocenters. The van der Waals surface area contributed by atoms with Crippen molar-refractivity contribution in [3.8, 4) is 0 Å². The molecule has 0 N–H and O–H groups in total. The molecule has 0 nitrogen and oxygen atoms in total. The molecular weight excluding hydrogens is 232 g/mol. The van der Waals surface area contributed by atoms with Gasteiger partial charge in [-0.05, 0) is 12.8 Å². The Balaban J connectivity index is 2.93. The summed E-state index contributed by atoms with van der Waals surface area (Å²) in [7, 11) is 0. The summed E-state index contributed by atoms with van der Waals surface area (Å²) in [5.41, 5.74) is 0. The zero-order valence-electron chi connectivity index (χ0n) is 5.32. The largest absolute Gasteiger partial charge is 0.0894 e. The fourth-order valence-electron chi connectivity index (χ4n) is 0.459. The van der Waals surface area contributed by atoms with E-state index in [0.717, 1.165) is 0 Å². The fraction of sp³-hybridized carbons (Fsp3) is 1.00. The first-order valence-electron chi connectivity index (χ1n) is 2.91. The van der Waals surface area contributed by atoms with Crippen molar-refractivity contribution in [1.29, 1.82) is 0 Å². The average Bonchev–Trinajstić information content (AvgIpc) is 1.61. The number of alkyl halides is 2. The summed E-state index contributed by atoms with van der Waals surface area (Å²) in [5, 5.41) is 0. The summed E-state index contributed by atoms with van der Waals surface area (Å²) < 4.78 is 0. The van der Waals surface area contributed by atoms with Crippen LogP contribution in [0.25, 0.3) is 0 Å². The van der Waals surface area contributed by atoms with Crippen LogP contribution in [0, 0.1) is 0 Å². The van der Waals surface area contributed by atoms with Crippen molar-refractivity contribution in [1.82, 2.24) is 0 Å². The lowest BCUT2D eigenvalue weighted by molar-refractivity contribution is 0.738. The zero-order valence-corrected chi connectivity index (χ0v) is 8.50. The minimum Gasteiger partial charge on any atom is -0.0894 e. The molecule has 0 saturated heterocycles. The van der Waals surface area contributed by atoms with Gasteiger partial charge < -0.3 is 0 Å². The third kappa shape index (κ3) is 6.96. The van der Waals surface area contributed by atoms with Crippen molar-refractivity contribution in [2.45, 2.75) is 36.3 Å². The van der Waals surface area contributed by atoms with Crippen LogP contribution in [0.3, 0.4) is 0 Å². The second-order valence-electron chi connectivity index (χ2n) is 2.14. The van der Waals surface area contributed by atoms with Gasteiger partial charge in [0.25, 0.3) is 0 Å². The first-order chi connectivity index (χ1) is 3.63. The van der Waals surface area contributed by atoms with E-state index >= 15 is 0 Å². The van der Waals surface area contributed by atoms with Gasteiger partial charge >= 0.3 is 0 Å². The Hall–Kier alpha value is 0.960. The summed E-state index contributed by atoms with van der Waals surface area (Å²) in [6.45, 7) is 4.35. The maximum Gasteiger partial charge on any atom is 0.0117 e. The number of halogens is 2. The lowest BCUT2D eigenvalue weighted by Gasteiger charge is -2.02. The summed E-state index contributed by atoms with van der Waals surface area (Å²) in [5.74, 6) is 0. The fourth-order valence-corrected chi connectivity index (χ4v) is 0.988. The predicted octanol–water partition coefficient (Wildman–Crippen LogP) is 3.33. The molecule has 0 bridgehead atoms. The zero-order chi connectivity index (χ0) is 6.57. The van der Waals surface area contributed by atoms with E-state index in [1.165, 1.54) is 12.8 Å². The average molecular weight is 244 g/mol. The highest BCUT2D eigenvalue weighted by Gasteiger charge is 1.98. The van der Waals surface area contributed by atoms with Crippen molar-refractivity contribution < 1.29 is 0 Å². The predicted molar refractivity (Wildman–Crippen MR) is 46.0 cm³/mol. The Kier molecular flexibility index (Phi) is 5.38. The molecule has 0 aromatic heterocycles. The molecule has 0 radical (unpaired) electrons. The van der Waals surface area contributed by atoms with Crippen LogP contribution < -0.4 is 0 Å². The molecule has 0 amide bonds. The highest BCUT2D eigenvalue weighted by molar-refractivity contribution is 9.09. The van der Waals surface area contributed by atoms with Crippen LogP contribution >= 0.6 is 31.9 Å². The third-order valence-electron chi connectivity index (χ3n) is 0.962. The summed E-state index contributed by atoms with van der Waals surface area (Å²) in [6.07, 6.45) is 2.51. The Morgan fingerprint density at radius 1 is 1.00 bits per heavy atom. The maximum atomic E-state index is 3.48. The third-order valence-corrected chi connectivity index (χ3v) is 1.88. The van der Waals surface area contributed by atoms with E-state index in [1.807, 2.05) is 0 Å². The molecular formula is C6H12Br2. The van der Waals surface area contributed by atoms with Crippen LogP contribution in [0.5, 0.6) is 0 Å². The van der Waals surface area contributed by atoms with Gasteiger partial charge in [0.2, 0.25) is 0 Å². The second-order valence-corrected chi connectivity index (χ2v) is 5.27. The summed E-state index contributed by atoms with van der Waals surface area (Å²) in [6, 6.07) is 0. The summed E-state index contributed by atoms with van der Waals surface area (Å²) >= 11 is 6.96. The Bertz CT molecular complexity index is 42.5. The Morgan fingerprint density at radius 3 is 1.38 bits per heavy atom. The Labute approximate surface area is 68.3 Å². The molecule has 0 aliphatic rings. The van der Waals surface area contributed by atoms with Crippen LogP contribution in [-0.4, -0.2) is 9.65 Å². The van der Waals surface area contributed by atoms with Gasteiger partial charge in [-0.3, -0.25) is 0 Å². The van der Waals surface area contributed by atoms with Crippen LogP contribution in [0.1, 0.15) is 26.7 Å². The first kappa shape index (κ1) is 8.96. The van der Waals surface area contributed by atoms with Gasteiger partial charge in [0, 0.05) is 9.65 Å². The molecule has 0 aliphatic heterocycles. The van der Waals surface area contributed by atoms with Gasteiger partial charge in [-0.1, -0.05) is 45.7 Å². The van der Waals surface area contributed by atoms with Crippen molar-refractivity contribution in [3.05, 3.63) is 0 Å². The minimum atomic E-state index is 0.669. The lowest BCUT2D eigenvalue weighted by Crippen LogP contribution is -1.95. The quantitative estimate of drug-likeness (QED) is 0.668. The molecule has 0 fully saturated rings. The number of hydrogen-bond donors (Lipinski definition) is 0. The van der Waals surface area contributed by atoms with Crippen molar-refractivity contribution in [2.24, 2.45) is 0 Å². The molecule has 0 heterocycles. The van der Waals surface area contributed by atoms with E-state index in [0.29, 0.717) is 9.65 Å². The van der Waals surface area contributed by atoms with Crippen LogP contribution in [-0.2, 0) is 0 Å². The molecule has 50 valence electrons. The van der Waals surface area contributed by atoms with Gasteiger partial charge in [0.1, 0.15) is 0 Å². The molecule has 2 heteroatoms. The van der Waals surface area contributed by atoms with Crippen molar-refractivity contribution in [3.63, 3.8) is 0 Å². The topological polar surface area (TPSA) is 0 Å². The van der Waals surface area contributed by atoms with Gasteiger partial charge in [0.15, 0.2) is 0 Å². The first-order valence-corrected chi connectivity index (χ1v) is 4.74. The monoisotopic (exact) mass is 242 g/mol. The van der Waals surface area contributed by atoms with Crippen LogP contribution in [0.4, 0.5) is 0 Å². The van der Waals surface area contributed by atoms with E-state index < -0.39 is 0 Å². The molecule has 0 rings (SSSR count). The lowest BCUT2D eigenvalue weighted by atomic mass is 10.2. The Morgan fingerprint density at radius 2 is 1.25 bits per heavy atom. The van der Waals surface area contributed by atoms with Gasteiger partial charge in [-0.25, -0.2) is 0 Å². The maximum absolute atomic E-state index is 3.48. The van der Waals surface area contributed by atoms with E-state index in [1.54, 1.807) is 0 Å². The standard InChI is InChI=1S/C6H12Br2/c1-5(7)3-4-6(2)8/h5-6H,3-4H2,1-2H3/t5-,6-/m0/s1. The molecule has 0 unspecified atom stereocenters. The van der Waals surface area contributed by atoms with Crippen molar-refractivity contribution >= 4 is 31.9 Å². The summed E-state index contributed by atoms with van der Waals surface area (Å²) in [4.78, 5) is 1.34. The highest BCUT2D eigenvalue weighted by Crippen LogP contribution is 2.12. The molecule has 8 heavy (non-hydrogen) atoms. The SMILES string of the molecule is C[C@H](Br)CC[C@H](C)Br. The van der Waals surface area contributed by atoms with E-state index in [9.17, 15) is 0 Å². The van der Waals surface area contributed by atoms with Crippen LogP contribution in [0.15, 0.2) is 0 Å². The van der Waals surface area contributed by atoms with Gasteiger partial charge in [0.05, 0.1) is 0 Å². The molecule has 0 aromatic rings. The molecule has 0 saturated carbocycles. The normalized spacial score (nSPS) is 18.0. The van der Waals surface area contributed by atoms with E-state index in [-0.39, 0.29) is 0 Å². The molecule has 0 spiro atoms. The van der Waals surface area contributed by atoms with Gasteiger partial charge in [-0.2, -0.15) is 0 Å². The minimum absolute atomic E-state index is 0.669. The van der Waals surface area contributed by atoms with E-state index in [2.05, 4.69) is 45.7 Å². The van der Waals surface area contributed by atoms with Gasteiger partial charge in [-0.15, -0.1) is 0 Å². The number of rotatable bonds is 3. The molecule has 0 aromatic carbocycles. The number of hydrogen-bond acceptors (Lipinski definition) is 0. The highest BCUT2D eigenvalue weighted by atomic mass is 79.9. The van der Waals surface area contributed by atoms with Crippen molar-refractivity contribution in [2.75, 3.05) is 0 Å².